The van der Waals surface area contributed by atoms with Crippen molar-refractivity contribution in [3.8, 4) is 5.75 Å². The third-order valence-electron chi connectivity index (χ3n) is 2.66. The molecule has 1 aromatic rings. The van der Waals surface area contributed by atoms with E-state index in [2.05, 4.69) is 0 Å². The molecular formula is C13H20N2O3. The van der Waals surface area contributed by atoms with Crippen molar-refractivity contribution in [3.05, 3.63) is 28.8 Å². The highest BCUT2D eigenvalue weighted by Crippen LogP contribution is 2.26. The average Bonchev–Trinajstić information content (AvgIpc) is 2.23. The molecular weight excluding hydrogens is 232 g/mol. The fourth-order valence-corrected chi connectivity index (χ4v) is 1.88. The highest BCUT2D eigenvalue weighted by Gasteiger charge is 2.17. The zero-order valence-electron chi connectivity index (χ0n) is 11.0. The SMILES string of the molecule is Cc1cc(CC(N)C(=O)O)c(O)c(CN(C)C)c1. The number of hydrogen-bond acceptors (Lipinski definition) is 4. The maximum absolute atomic E-state index is 10.7. The lowest BCUT2D eigenvalue weighted by Crippen LogP contribution is -2.32. The molecule has 0 aliphatic heterocycles. The van der Waals surface area contributed by atoms with E-state index in [4.69, 9.17) is 10.8 Å². The van der Waals surface area contributed by atoms with Crippen molar-refractivity contribution in [3.63, 3.8) is 0 Å². The van der Waals surface area contributed by atoms with Crippen molar-refractivity contribution in [1.29, 1.82) is 0 Å². The number of hydrogen-bond donors (Lipinski definition) is 3. The van der Waals surface area contributed by atoms with E-state index in [0.717, 1.165) is 11.1 Å². The van der Waals surface area contributed by atoms with E-state index in [1.165, 1.54) is 0 Å². The molecule has 1 atom stereocenters. The number of phenols is 1. The number of nitrogens with two attached hydrogens (primary N) is 1. The van der Waals surface area contributed by atoms with Crippen molar-refractivity contribution in [2.75, 3.05) is 14.1 Å². The van der Waals surface area contributed by atoms with E-state index in [-0.39, 0.29) is 12.2 Å². The van der Waals surface area contributed by atoms with Gasteiger partial charge in [-0.15, -0.1) is 0 Å². The van der Waals surface area contributed by atoms with Gasteiger partial charge in [-0.1, -0.05) is 17.7 Å². The summed E-state index contributed by atoms with van der Waals surface area (Å²) in [6.45, 7) is 2.51. The number of rotatable bonds is 5. The molecule has 0 saturated heterocycles. The number of phenolic OH excluding ortho intramolecular Hbond substituents is 1. The van der Waals surface area contributed by atoms with Gasteiger partial charge in [0.15, 0.2) is 0 Å². The van der Waals surface area contributed by atoms with Crippen LogP contribution in [0, 0.1) is 6.92 Å². The first-order valence-corrected chi connectivity index (χ1v) is 5.75. The maximum atomic E-state index is 10.7. The zero-order chi connectivity index (χ0) is 13.9. The fourth-order valence-electron chi connectivity index (χ4n) is 1.88. The van der Waals surface area contributed by atoms with Crippen LogP contribution in [-0.2, 0) is 17.8 Å². The molecule has 5 nitrogen and oxygen atoms in total. The molecule has 0 saturated carbocycles. The Morgan fingerprint density at radius 3 is 2.44 bits per heavy atom. The number of carbonyl (C=O) groups is 1. The molecule has 1 rings (SSSR count). The lowest BCUT2D eigenvalue weighted by Gasteiger charge is -2.16. The highest BCUT2D eigenvalue weighted by atomic mass is 16.4. The summed E-state index contributed by atoms with van der Waals surface area (Å²) in [6, 6.07) is 2.67. The van der Waals surface area contributed by atoms with E-state index in [1.807, 2.05) is 32.0 Å². The van der Waals surface area contributed by atoms with E-state index < -0.39 is 12.0 Å². The topological polar surface area (TPSA) is 86.8 Å². The summed E-state index contributed by atoms with van der Waals surface area (Å²) in [5, 5.41) is 18.9. The lowest BCUT2D eigenvalue weighted by molar-refractivity contribution is -0.138. The van der Waals surface area contributed by atoms with Crippen molar-refractivity contribution in [2.24, 2.45) is 5.73 Å². The summed E-state index contributed by atoms with van der Waals surface area (Å²) in [7, 11) is 3.81. The quantitative estimate of drug-likeness (QED) is 0.718. The lowest BCUT2D eigenvalue weighted by atomic mass is 9.99. The standard InChI is InChI=1S/C13H20N2O3/c1-8-4-9(6-11(14)13(17)18)12(16)10(5-8)7-15(2)3/h4-5,11,16H,6-7,14H2,1-3H3,(H,17,18). The number of benzene rings is 1. The van der Waals surface area contributed by atoms with Crippen LogP contribution in [0.3, 0.4) is 0 Å². The van der Waals surface area contributed by atoms with Gasteiger partial charge in [0.1, 0.15) is 11.8 Å². The number of aliphatic carboxylic acids is 1. The first-order valence-electron chi connectivity index (χ1n) is 5.75. The Balaban J connectivity index is 3.04. The molecule has 0 amide bonds. The van der Waals surface area contributed by atoms with E-state index >= 15 is 0 Å². The van der Waals surface area contributed by atoms with Crippen molar-refractivity contribution in [2.45, 2.75) is 25.9 Å². The first-order chi connectivity index (χ1) is 8.31. The number of aryl methyl sites for hydroxylation is 1. The smallest absolute Gasteiger partial charge is 0.320 e. The Hall–Kier alpha value is -1.59. The van der Waals surface area contributed by atoms with Crippen LogP contribution in [0.2, 0.25) is 0 Å². The first kappa shape index (κ1) is 14.5. The van der Waals surface area contributed by atoms with Gasteiger partial charge >= 0.3 is 5.97 Å². The number of carboxylic acid groups (broad SMARTS) is 1. The summed E-state index contributed by atoms with van der Waals surface area (Å²) < 4.78 is 0. The van der Waals surface area contributed by atoms with Crippen LogP contribution in [-0.4, -0.2) is 41.2 Å². The normalized spacial score (nSPS) is 12.7. The molecule has 100 valence electrons. The minimum atomic E-state index is -1.06. The molecule has 0 fully saturated rings. The molecule has 0 aliphatic carbocycles. The van der Waals surface area contributed by atoms with Gasteiger partial charge in [0.05, 0.1) is 0 Å². The third kappa shape index (κ3) is 3.72. The molecule has 0 aromatic heterocycles. The van der Waals surface area contributed by atoms with Crippen molar-refractivity contribution in [1.82, 2.24) is 4.90 Å². The Morgan fingerprint density at radius 1 is 1.39 bits per heavy atom. The highest BCUT2D eigenvalue weighted by molar-refractivity contribution is 5.73. The molecule has 4 N–H and O–H groups in total. The molecule has 0 bridgehead atoms. The van der Waals surface area contributed by atoms with Gasteiger partial charge in [-0.3, -0.25) is 4.79 Å². The van der Waals surface area contributed by atoms with Gasteiger partial charge < -0.3 is 20.8 Å². The van der Waals surface area contributed by atoms with Crippen LogP contribution in [0.5, 0.6) is 5.75 Å². The van der Waals surface area contributed by atoms with Gasteiger partial charge in [-0.05, 0) is 26.6 Å². The third-order valence-corrected chi connectivity index (χ3v) is 2.66. The maximum Gasteiger partial charge on any atom is 0.320 e. The number of carboxylic acids is 1. The monoisotopic (exact) mass is 252 g/mol. The molecule has 1 aromatic carbocycles. The van der Waals surface area contributed by atoms with Gasteiger partial charge in [-0.25, -0.2) is 0 Å². The number of aromatic hydroxyl groups is 1. The Morgan fingerprint density at radius 2 is 1.94 bits per heavy atom. The summed E-state index contributed by atoms with van der Waals surface area (Å²) >= 11 is 0. The van der Waals surface area contributed by atoms with Crippen LogP contribution in [0.4, 0.5) is 0 Å². The van der Waals surface area contributed by atoms with Gasteiger partial charge in [0, 0.05) is 18.5 Å². The van der Waals surface area contributed by atoms with Gasteiger partial charge in [0.2, 0.25) is 0 Å². The molecule has 0 aliphatic rings. The van der Waals surface area contributed by atoms with Gasteiger partial charge in [-0.2, -0.15) is 0 Å². The van der Waals surface area contributed by atoms with Crippen LogP contribution in [0.15, 0.2) is 12.1 Å². The second-order valence-electron chi connectivity index (χ2n) is 4.82. The molecule has 0 heterocycles. The van der Waals surface area contributed by atoms with Crippen molar-refractivity contribution >= 4 is 5.97 Å². The summed E-state index contributed by atoms with van der Waals surface area (Å²) in [6.07, 6.45) is 0.128. The second kappa shape index (κ2) is 5.84. The molecule has 0 spiro atoms. The van der Waals surface area contributed by atoms with Crippen LogP contribution < -0.4 is 5.73 Å². The minimum absolute atomic E-state index is 0.128. The van der Waals surface area contributed by atoms with Crippen LogP contribution in [0.25, 0.3) is 0 Å². The Labute approximate surface area is 107 Å². The molecule has 18 heavy (non-hydrogen) atoms. The molecule has 0 radical (unpaired) electrons. The predicted molar refractivity (Wildman–Crippen MR) is 69.6 cm³/mol. The number of nitrogens with zero attached hydrogens (tertiary/aromatic N) is 1. The van der Waals surface area contributed by atoms with E-state index in [0.29, 0.717) is 12.1 Å². The average molecular weight is 252 g/mol. The Kier molecular flexibility index (Phi) is 4.69. The Bertz CT molecular complexity index is 444. The largest absolute Gasteiger partial charge is 0.507 e. The second-order valence-corrected chi connectivity index (χ2v) is 4.82. The van der Waals surface area contributed by atoms with Crippen molar-refractivity contribution < 1.29 is 15.0 Å². The van der Waals surface area contributed by atoms with E-state index in [9.17, 15) is 9.90 Å². The van der Waals surface area contributed by atoms with Crippen LogP contribution in [0.1, 0.15) is 16.7 Å². The van der Waals surface area contributed by atoms with Crippen LogP contribution >= 0.6 is 0 Å². The van der Waals surface area contributed by atoms with E-state index in [1.54, 1.807) is 6.07 Å². The molecule has 1 unspecified atom stereocenters. The minimum Gasteiger partial charge on any atom is -0.507 e. The summed E-state index contributed by atoms with van der Waals surface area (Å²) in [5.74, 6) is -0.920. The molecule has 5 heteroatoms. The predicted octanol–water partition coefficient (Wildman–Crippen LogP) is 0.717. The van der Waals surface area contributed by atoms with Gasteiger partial charge in [0.25, 0.3) is 0 Å². The zero-order valence-corrected chi connectivity index (χ0v) is 11.0. The summed E-state index contributed by atoms with van der Waals surface area (Å²) in [5.41, 5.74) is 7.85. The fraction of sp³-hybridized carbons (Fsp3) is 0.462. The summed E-state index contributed by atoms with van der Waals surface area (Å²) in [4.78, 5) is 12.7.